The normalized spacial score (nSPS) is 23.6. The smallest absolute Gasteiger partial charge is 0.229 e. The largest absolute Gasteiger partial charge is 0.326 e. The number of hydrogen-bond donors (Lipinski definition) is 1. The van der Waals surface area contributed by atoms with Crippen molar-refractivity contribution in [3.63, 3.8) is 0 Å². The predicted molar refractivity (Wildman–Crippen MR) is 100 cm³/mol. The van der Waals surface area contributed by atoms with Crippen molar-refractivity contribution in [3.05, 3.63) is 29.8 Å². The molecule has 1 saturated heterocycles. The van der Waals surface area contributed by atoms with Gasteiger partial charge in [0.15, 0.2) is 0 Å². The zero-order valence-electron chi connectivity index (χ0n) is 15.9. The summed E-state index contributed by atoms with van der Waals surface area (Å²) in [7, 11) is 0. The molecule has 1 saturated carbocycles. The van der Waals surface area contributed by atoms with E-state index in [1.807, 2.05) is 24.3 Å². The fourth-order valence-electron chi connectivity index (χ4n) is 3.64. The van der Waals surface area contributed by atoms with E-state index >= 15 is 0 Å². The van der Waals surface area contributed by atoms with Crippen LogP contribution in [0, 0.1) is 17.3 Å². The molecule has 1 aliphatic heterocycles. The maximum Gasteiger partial charge on any atom is 0.229 e. The molecule has 1 aromatic rings. The third-order valence-corrected chi connectivity index (χ3v) is 5.68. The molecule has 2 fully saturated rings. The summed E-state index contributed by atoms with van der Waals surface area (Å²) in [5.74, 6) is 0.594. The quantitative estimate of drug-likeness (QED) is 0.836. The number of likely N-dealkylation sites (tertiary alicyclic amines) is 1. The molecular formula is C21H28N2O3. The highest BCUT2D eigenvalue weighted by Crippen LogP contribution is 2.45. The Kier molecular flexibility index (Phi) is 5.17. The third-order valence-electron chi connectivity index (χ3n) is 5.68. The van der Waals surface area contributed by atoms with Gasteiger partial charge in [0, 0.05) is 24.4 Å². The number of carbonyl (C=O) groups excluding carboxylic acids is 3. The zero-order chi connectivity index (χ0) is 18.9. The molecule has 0 aromatic heterocycles. The molecule has 2 aliphatic rings. The van der Waals surface area contributed by atoms with Crippen molar-refractivity contribution >= 4 is 23.4 Å². The van der Waals surface area contributed by atoms with E-state index < -0.39 is 0 Å². The first-order valence-corrected chi connectivity index (χ1v) is 9.47. The number of nitrogens with one attached hydrogen (secondary N) is 1. The summed E-state index contributed by atoms with van der Waals surface area (Å²) in [4.78, 5) is 37.4. The van der Waals surface area contributed by atoms with Crippen LogP contribution in [0.2, 0.25) is 0 Å². The van der Waals surface area contributed by atoms with Gasteiger partial charge in [-0.1, -0.05) is 32.9 Å². The number of nitrogens with zero attached hydrogens (tertiary/aromatic N) is 1. The van der Waals surface area contributed by atoms with Gasteiger partial charge in [-0.15, -0.1) is 0 Å². The van der Waals surface area contributed by atoms with Crippen LogP contribution >= 0.6 is 0 Å². The molecule has 1 heterocycles. The number of piperidine rings is 1. The number of imide groups is 1. The standard InChI is InChI=1S/C21H28N2O3/c1-21(2,3)16-11-15(12-16)20(26)22-17-9-7-14(8-10-17)13-23-18(24)5-4-6-19(23)25/h7-10,15-16H,4-6,11-13H2,1-3H3,(H,22,26). The minimum absolute atomic E-state index is 0.0830. The van der Waals surface area contributed by atoms with Crippen molar-refractivity contribution in [1.82, 2.24) is 4.90 Å². The minimum Gasteiger partial charge on any atom is -0.326 e. The molecule has 5 heteroatoms. The molecule has 0 bridgehead atoms. The topological polar surface area (TPSA) is 66.5 Å². The van der Waals surface area contributed by atoms with Crippen LogP contribution in [0.5, 0.6) is 0 Å². The lowest BCUT2D eigenvalue weighted by atomic mass is 9.63. The Balaban J connectivity index is 1.53. The van der Waals surface area contributed by atoms with Gasteiger partial charge in [0.05, 0.1) is 6.54 Å². The summed E-state index contributed by atoms with van der Waals surface area (Å²) in [6, 6.07) is 7.41. The number of hydrogen-bond acceptors (Lipinski definition) is 3. The molecule has 0 spiro atoms. The molecule has 26 heavy (non-hydrogen) atoms. The van der Waals surface area contributed by atoms with Gasteiger partial charge in [0.2, 0.25) is 17.7 Å². The highest BCUT2D eigenvalue weighted by molar-refractivity contribution is 5.97. The fraction of sp³-hybridized carbons (Fsp3) is 0.571. The van der Waals surface area contributed by atoms with Gasteiger partial charge < -0.3 is 5.32 Å². The first-order chi connectivity index (χ1) is 12.2. The van der Waals surface area contributed by atoms with E-state index in [-0.39, 0.29) is 29.1 Å². The average molecular weight is 356 g/mol. The third kappa shape index (κ3) is 4.14. The van der Waals surface area contributed by atoms with Crippen molar-refractivity contribution < 1.29 is 14.4 Å². The highest BCUT2D eigenvalue weighted by Gasteiger charge is 2.40. The van der Waals surface area contributed by atoms with Crippen LogP contribution in [0.25, 0.3) is 0 Å². The van der Waals surface area contributed by atoms with Gasteiger partial charge in [-0.25, -0.2) is 0 Å². The molecule has 5 nitrogen and oxygen atoms in total. The van der Waals surface area contributed by atoms with Crippen LogP contribution in [-0.2, 0) is 20.9 Å². The summed E-state index contributed by atoms with van der Waals surface area (Å²) in [6.45, 7) is 6.98. The van der Waals surface area contributed by atoms with Gasteiger partial charge in [0.25, 0.3) is 0 Å². The van der Waals surface area contributed by atoms with Crippen LogP contribution in [0.3, 0.4) is 0 Å². The SMILES string of the molecule is CC(C)(C)C1CC(C(=O)Nc2ccc(CN3C(=O)CCCC3=O)cc2)C1. The van der Waals surface area contributed by atoms with Crippen LogP contribution in [0.1, 0.15) is 58.4 Å². The van der Waals surface area contributed by atoms with Gasteiger partial charge in [-0.3, -0.25) is 19.3 Å². The van der Waals surface area contributed by atoms with E-state index in [2.05, 4.69) is 26.1 Å². The van der Waals surface area contributed by atoms with Gasteiger partial charge in [-0.2, -0.15) is 0 Å². The summed E-state index contributed by atoms with van der Waals surface area (Å²) < 4.78 is 0. The van der Waals surface area contributed by atoms with Gasteiger partial charge in [-0.05, 0) is 48.3 Å². The number of rotatable bonds is 4. The Hall–Kier alpha value is -2.17. The molecule has 0 unspecified atom stereocenters. The molecule has 0 radical (unpaired) electrons. The molecule has 3 amide bonds. The lowest BCUT2D eigenvalue weighted by Crippen LogP contribution is -2.40. The Labute approximate surface area is 155 Å². The van der Waals surface area contributed by atoms with Crippen LogP contribution in [0.15, 0.2) is 24.3 Å². The van der Waals surface area contributed by atoms with Crippen molar-refractivity contribution in [1.29, 1.82) is 0 Å². The maximum absolute atomic E-state index is 12.3. The highest BCUT2D eigenvalue weighted by atomic mass is 16.2. The van der Waals surface area contributed by atoms with E-state index in [0.717, 1.165) is 24.1 Å². The zero-order valence-corrected chi connectivity index (χ0v) is 15.9. The van der Waals surface area contributed by atoms with Crippen LogP contribution < -0.4 is 5.32 Å². The summed E-state index contributed by atoms with van der Waals surface area (Å²) >= 11 is 0. The summed E-state index contributed by atoms with van der Waals surface area (Å²) in [6.07, 6.45) is 3.43. The lowest BCUT2D eigenvalue weighted by molar-refractivity contribution is -0.148. The van der Waals surface area contributed by atoms with E-state index in [1.165, 1.54) is 4.90 Å². The number of anilines is 1. The number of benzene rings is 1. The molecule has 3 rings (SSSR count). The Bertz CT molecular complexity index is 681. The van der Waals surface area contributed by atoms with Crippen LogP contribution in [-0.4, -0.2) is 22.6 Å². The lowest BCUT2D eigenvalue weighted by Gasteiger charge is -2.42. The van der Waals surface area contributed by atoms with E-state index in [0.29, 0.717) is 31.7 Å². The van der Waals surface area contributed by atoms with Gasteiger partial charge in [0.1, 0.15) is 0 Å². The molecule has 1 aromatic carbocycles. The first-order valence-electron chi connectivity index (χ1n) is 9.47. The molecule has 140 valence electrons. The second-order valence-corrected chi connectivity index (χ2v) is 8.64. The Morgan fingerprint density at radius 1 is 1.08 bits per heavy atom. The summed E-state index contributed by atoms with van der Waals surface area (Å²) in [5.41, 5.74) is 1.92. The average Bonchev–Trinajstić information content (AvgIpc) is 2.50. The second kappa shape index (κ2) is 7.22. The van der Waals surface area contributed by atoms with Crippen molar-refractivity contribution in [2.75, 3.05) is 5.32 Å². The molecule has 1 aliphatic carbocycles. The van der Waals surface area contributed by atoms with Crippen molar-refractivity contribution in [2.24, 2.45) is 17.3 Å². The first kappa shape index (κ1) is 18.6. The molecular weight excluding hydrogens is 328 g/mol. The molecule has 0 atom stereocenters. The Morgan fingerprint density at radius 2 is 1.65 bits per heavy atom. The predicted octanol–water partition coefficient (Wildman–Crippen LogP) is 3.74. The van der Waals surface area contributed by atoms with E-state index in [1.54, 1.807) is 0 Å². The molecule has 1 N–H and O–H groups in total. The monoisotopic (exact) mass is 356 g/mol. The van der Waals surface area contributed by atoms with Gasteiger partial charge >= 0.3 is 0 Å². The minimum atomic E-state index is -0.1000. The van der Waals surface area contributed by atoms with Crippen LogP contribution in [0.4, 0.5) is 5.69 Å². The van der Waals surface area contributed by atoms with Crippen molar-refractivity contribution in [2.45, 2.75) is 59.4 Å². The fourth-order valence-corrected chi connectivity index (χ4v) is 3.64. The second-order valence-electron chi connectivity index (χ2n) is 8.64. The maximum atomic E-state index is 12.3. The summed E-state index contributed by atoms with van der Waals surface area (Å²) in [5, 5.41) is 2.98. The van der Waals surface area contributed by atoms with E-state index in [4.69, 9.17) is 0 Å². The van der Waals surface area contributed by atoms with Crippen molar-refractivity contribution in [3.8, 4) is 0 Å². The number of carbonyl (C=O) groups is 3. The number of amides is 3. The van der Waals surface area contributed by atoms with E-state index in [9.17, 15) is 14.4 Å². The Morgan fingerprint density at radius 3 is 2.19 bits per heavy atom.